The number of benzene rings is 1. The fraction of sp³-hybridized carbons (Fsp3) is 0.167. The van der Waals surface area contributed by atoms with Gasteiger partial charge in [-0.25, -0.2) is 4.79 Å². The van der Waals surface area contributed by atoms with E-state index in [1.54, 1.807) is 12.1 Å². The molecule has 18 heavy (non-hydrogen) atoms. The van der Waals surface area contributed by atoms with Crippen molar-refractivity contribution in [3.05, 3.63) is 38.6 Å². The normalized spacial score (nSPS) is 10.4. The maximum atomic E-state index is 12.0. The number of fused-ring (bicyclic) bond motifs is 1. The lowest BCUT2D eigenvalue weighted by molar-refractivity contribution is 0.0594. The summed E-state index contributed by atoms with van der Waals surface area (Å²) in [6.45, 7) is 0. The Labute approximate surface area is 111 Å². The maximum Gasteiger partial charge on any atom is 0.354 e. The van der Waals surface area contributed by atoms with Crippen LogP contribution in [0, 0.1) is 0 Å². The number of aromatic nitrogens is 1. The molecule has 0 amide bonds. The molecule has 5 nitrogen and oxygen atoms in total. The second-order valence-corrected chi connectivity index (χ2v) is 4.39. The van der Waals surface area contributed by atoms with Crippen LogP contribution in [0.2, 0.25) is 0 Å². The molecule has 1 heterocycles. The summed E-state index contributed by atoms with van der Waals surface area (Å²) in [5.41, 5.74) is 0.300. The molecular weight excluding hydrogens is 302 g/mol. The molecule has 0 spiro atoms. The summed E-state index contributed by atoms with van der Waals surface area (Å²) < 4.78 is 10.4. The third kappa shape index (κ3) is 1.99. The zero-order chi connectivity index (χ0) is 13.3. The Morgan fingerprint density at radius 2 is 2.06 bits per heavy atom. The van der Waals surface area contributed by atoms with E-state index >= 15 is 0 Å². The minimum absolute atomic E-state index is 0.101. The average molecular weight is 312 g/mol. The predicted octanol–water partition coefficient (Wildman–Crippen LogP) is 2.09. The van der Waals surface area contributed by atoms with E-state index in [-0.39, 0.29) is 11.1 Å². The van der Waals surface area contributed by atoms with Gasteiger partial charge in [0, 0.05) is 10.5 Å². The summed E-state index contributed by atoms with van der Waals surface area (Å²) in [4.78, 5) is 26.3. The van der Waals surface area contributed by atoms with Gasteiger partial charge in [0.1, 0.15) is 11.4 Å². The first-order valence-corrected chi connectivity index (χ1v) is 5.85. The van der Waals surface area contributed by atoms with Gasteiger partial charge in [-0.1, -0.05) is 0 Å². The van der Waals surface area contributed by atoms with Crippen LogP contribution in [0.4, 0.5) is 0 Å². The van der Waals surface area contributed by atoms with Crippen LogP contribution >= 0.6 is 15.9 Å². The first-order valence-electron chi connectivity index (χ1n) is 5.06. The Hall–Kier alpha value is -1.82. The number of H-pyrrole nitrogens is 1. The summed E-state index contributed by atoms with van der Waals surface area (Å²) in [6.07, 6.45) is 0. The van der Waals surface area contributed by atoms with Crippen molar-refractivity contribution in [1.29, 1.82) is 0 Å². The standard InChI is InChI=1S/C12H10BrNO4/c1-17-9-4-3-6(13)11-10(9)8(15)5-7(14-11)12(16)18-2/h3-5H,1-2H3,(H,14,15). The smallest absolute Gasteiger partial charge is 0.354 e. The van der Waals surface area contributed by atoms with Gasteiger partial charge in [0.05, 0.1) is 25.1 Å². The molecule has 2 rings (SSSR count). The first-order chi connectivity index (χ1) is 8.58. The number of hydrogen-bond acceptors (Lipinski definition) is 4. The van der Waals surface area contributed by atoms with Crippen molar-refractivity contribution in [2.45, 2.75) is 0 Å². The van der Waals surface area contributed by atoms with Crippen molar-refractivity contribution in [2.24, 2.45) is 0 Å². The van der Waals surface area contributed by atoms with Gasteiger partial charge in [-0.05, 0) is 28.1 Å². The highest BCUT2D eigenvalue weighted by atomic mass is 79.9. The van der Waals surface area contributed by atoms with Crippen molar-refractivity contribution < 1.29 is 14.3 Å². The SMILES string of the molecule is COC(=O)c1cc(=O)c2c(OC)ccc(Br)c2[nH]1. The minimum atomic E-state index is -0.594. The van der Waals surface area contributed by atoms with Crippen LogP contribution in [0.15, 0.2) is 27.5 Å². The molecule has 0 aliphatic heterocycles. The van der Waals surface area contributed by atoms with Gasteiger partial charge in [0.2, 0.25) is 0 Å². The third-order valence-corrected chi connectivity index (χ3v) is 3.18. The van der Waals surface area contributed by atoms with Gasteiger partial charge in [-0.2, -0.15) is 0 Å². The highest BCUT2D eigenvalue weighted by Gasteiger charge is 2.14. The summed E-state index contributed by atoms with van der Waals surface area (Å²) in [5, 5.41) is 0.388. The van der Waals surface area contributed by atoms with Crippen LogP contribution in [0.3, 0.4) is 0 Å². The van der Waals surface area contributed by atoms with Gasteiger partial charge in [0.25, 0.3) is 0 Å². The molecular formula is C12H10BrNO4. The van der Waals surface area contributed by atoms with Gasteiger partial charge in [-0.3, -0.25) is 4.79 Å². The quantitative estimate of drug-likeness (QED) is 0.862. The van der Waals surface area contributed by atoms with Crippen LogP contribution < -0.4 is 10.2 Å². The number of aromatic amines is 1. The Morgan fingerprint density at radius 1 is 1.33 bits per heavy atom. The maximum absolute atomic E-state index is 12.0. The molecule has 0 radical (unpaired) electrons. The third-order valence-electron chi connectivity index (χ3n) is 2.52. The van der Waals surface area contributed by atoms with Crippen LogP contribution in [-0.4, -0.2) is 25.2 Å². The highest BCUT2D eigenvalue weighted by molar-refractivity contribution is 9.10. The molecule has 1 aromatic heterocycles. The number of methoxy groups -OCH3 is 2. The second-order valence-electron chi connectivity index (χ2n) is 3.54. The zero-order valence-corrected chi connectivity index (χ0v) is 11.3. The molecule has 0 saturated carbocycles. The number of halogens is 1. The lowest BCUT2D eigenvalue weighted by atomic mass is 10.1. The van der Waals surface area contributed by atoms with Gasteiger partial charge in [-0.15, -0.1) is 0 Å². The van der Waals surface area contributed by atoms with Crippen LogP contribution in [-0.2, 0) is 4.74 Å². The van der Waals surface area contributed by atoms with E-state index in [4.69, 9.17) is 4.74 Å². The fourth-order valence-corrected chi connectivity index (χ4v) is 2.12. The number of hydrogen-bond donors (Lipinski definition) is 1. The molecule has 0 atom stereocenters. The number of carbonyl (C=O) groups is 1. The van der Waals surface area contributed by atoms with Crippen molar-refractivity contribution in [3.63, 3.8) is 0 Å². The van der Waals surface area contributed by atoms with Crippen molar-refractivity contribution in [1.82, 2.24) is 4.98 Å². The highest BCUT2D eigenvalue weighted by Crippen LogP contribution is 2.28. The summed E-state index contributed by atoms with van der Waals surface area (Å²) >= 11 is 3.32. The van der Waals surface area contributed by atoms with Crippen LogP contribution in [0.5, 0.6) is 5.75 Å². The lowest BCUT2D eigenvalue weighted by Crippen LogP contribution is -2.12. The van der Waals surface area contributed by atoms with E-state index in [9.17, 15) is 9.59 Å². The first kappa shape index (κ1) is 12.6. The number of ether oxygens (including phenoxy) is 2. The number of rotatable bonds is 2. The second kappa shape index (κ2) is 4.81. The minimum Gasteiger partial charge on any atom is -0.496 e. The molecule has 0 saturated heterocycles. The Kier molecular flexibility index (Phi) is 3.38. The monoisotopic (exact) mass is 311 g/mol. The Balaban J connectivity index is 2.85. The number of nitrogens with one attached hydrogen (secondary N) is 1. The van der Waals surface area contributed by atoms with E-state index in [1.807, 2.05) is 0 Å². The Bertz CT molecular complexity index is 678. The van der Waals surface area contributed by atoms with Crippen LogP contribution in [0.25, 0.3) is 10.9 Å². The van der Waals surface area contributed by atoms with Gasteiger partial charge in [0.15, 0.2) is 5.43 Å². The molecule has 0 aliphatic carbocycles. The van der Waals surface area contributed by atoms with Crippen LogP contribution in [0.1, 0.15) is 10.5 Å². The van der Waals surface area contributed by atoms with Crippen molar-refractivity contribution in [3.8, 4) is 5.75 Å². The molecule has 0 fully saturated rings. The fourth-order valence-electron chi connectivity index (χ4n) is 1.69. The topological polar surface area (TPSA) is 68.4 Å². The van der Waals surface area contributed by atoms with E-state index in [1.165, 1.54) is 20.3 Å². The predicted molar refractivity (Wildman–Crippen MR) is 70.2 cm³/mol. The van der Waals surface area contributed by atoms with Crippen molar-refractivity contribution in [2.75, 3.05) is 14.2 Å². The van der Waals surface area contributed by atoms with E-state index in [2.05, 4.69) is 25.7 Å². The molecule has 1 N–H and O–H groups in total. The summed E-state index contributed by atoms with van der Waals surface area (Å²) in [7, 11) is 2.74. The summed E-state index contributed by atoms with van der Waals surface area (Å²) in [6, 6.07) is 4.61. The largest absolute Gasteiger partial charge is 0.496 e. The number of esters is 1. The molecule has 6 heteroatoms. The molecule has 0 aliphatic rings. The van der Waals surface area contributed by atoms with Gasteiger partial charge >= 0.3 is 5.97 Å². The van der Waals surface area contributed by atoms with Crippen molar-refractivity contribution >= 4 is 32.8 Å². The van der Waals surface area contributed by atoms with E-state index in [0.717, 1.165) is 0 Å². The Morgan fingerprint density at radius 3 is 2.67 bits per heavy atom. The van der Waals surface area contributed by atoms with E-state index < -0.39 is 5.97 Å². The molecule has 94 valence electrons. The zero-order valence-electron chi connectivity index (χ0n) is 9.74. The summed E-state index contributed by atoms with van der Waals surface area (Å²) in [5.74, 6) is -0.144. The van der Waals surface area contributed by atoms with Gasteiger partial charge < -0.3 is 14.5 Å². The number of pyridine rings is 1. The lowest BCUT2D eigenvalue weighted by Gasteiger charge is -2.08. The average Bonchev–Trinajstić information content (AvgIpc) is 2.38. The molecule has 0 bridgehead atoms. The molecule has 1 aromatic carbocycles. The molecule has 2 aromatic rings. The number of carbonyl (C=O) groups excluding carboxylic acids is 1. The van der Waals surface area contributed by atoms with E-state index in [0.29, 0.717) is 21.1 Å². The molecule has 0 unspecified atom stereocenters.